The lowest BCUT2D eigenvalue weighted by molar-refractivity contribution is 0.199. The normalized spacial score (nSPS) is 12.4. The molecule has 0 aliphatic carbocycles. The quantitative estimate of drug-likeness (QED) is 0.630. The highest BCUT2D eigenvalue weighted by atomic mass is 79.9. The van der Waals surface area contributed by atoms with E-state index < -0.39 is 0 Å². The van der Waals surface area contributed by atoms with Crippen LogP contribution in [0.1, 0.15) is 18.9 Å². The van der Waals surface area contributed by atoms with Crippen molar-refractivity contribution in [3.8, 4) is 0 Å². The van der Waals surface area contributed by atoms with Crippen LogP contribution >= 0.6 is 27.7 Å². The van der Waals surface area contributed by atoms with Crippen molar-refractivity contribution in [2.24, 2.45) is 0 Å². The maximum absolute atomic E-state index is 5.04. The number of nitrogens with zero attached hydrogens (tertiary/aromatic N) is 1. The Hall–Kier alpha value is -0.230. The van der Waals surface area contributed by atoms with Gasteiger partial charge in [-0.2, -0.15) is 11.8 Å². The van der Waals surface area contributed by atoms with Gasteiger partial charge in [-0.25, -0.2) is 0 Å². The van der Waals surface area contributed by atoms with Gasteiger partial charge in [0.1, 0.15) is 0 Å². The van der Waals surface area contributed by atoms with Crippen molar-refractivity contribution in [2.45, 2.75) is 25.9 Å². The van der Waals surface area contributed by atoms with E-state index >= 15 is 0 Å². The third kappa shape index (κ3) is 6.19. The number of anilines is 1. The first kappa shape index (κ1) is 18.8. The van der Waals surface area contributed by atoms with Crippen molar-refractivity contribution in [1.29, 1.82) is 0 Å². The summed E-state index contributed by atoms with van der Waals surface area (Å²) in [5.41, 5.74) is 2.55. The molecular weight excluding hydrogens is 348 g/mol. The van der Waals surface area contributed by atoms with E-state index in [9.17, 15) is 0 Å². The average Bonchev–Trinajstić information content (AvgIpc) is 2.49. The smallest absolute Gasteiger partial charge is 0.0587 e. The predicted octanol–water partition coefficient (Wildman–Crippen LogP) is 3.76. The number of halogens is 1. The summed E-state index contributed by atoms with van der Waals surface area (Å²) in [7, 11) is 3.91. The van der Waals surface area contributed by atoms with Crippen molar-refractivity contribution in [2.75, 3.05) is 44.2 Å². The van der Waals surface area contributed by atoms with Crippen LogP contribution in [0, 0.1) is 0 Å². The minimum absolute atomic E-state index is 0.581. The van der Waals surface area contributed by atoms with Crippen molar-refractivity contribution in [3.63, 3.8) is 0 Å². The van der Waals surface area contributed by atoms with Gasteiger partial charge in [0, 0.05) is 49.2 Å². The standard InChI is InChI=1S/C16H27BrN2OS/c1-5-14(12-21-4)19(2)15-7-6-13(16(17)10-15)11-18-8-9-20-3/h6-7,10,14,18H,5,8-9,11-12H2,1-4H3. The molecule has 0 heterocycles. The lowest BCUT2D eigenvalue weighted by Crippen LogP contribution is -2.33. The molecule has 0 radical (unpaired) electrons. The first-order valence-corrected chi connectivity index (χ1v) is 9.52. The van der Waals surface area contributed by atoms with Gasteiger partial charge < -0.3 is 15.0 Å². The monoisotopic (exact) mass is 374 g/mol. The number of ether oxygens (including phenoxy) is 1. The molecule has 3 nitrogen and oxygen atoms in total. The van der Waals surface area contributed by atoms with Crippen LogP contribution in [0.3, 0.4) is 0 Å². The number of thioether (sulfide) groups is 1. The number of rotatable bonds is 10. The SMILES string of the molecule is CCC(CSC)N(C)c1ccc(CNCCOC)c(Br)c1. The van der Waals surface area contributed by atoms with Gasteiger partial charge in [0.15, 0.2) is 0 Å². The zero-order valence-electron chi connectivity index (χ0n) is 13.5. The van der Waals surface area contributed by atoms with E-state index in [0.29, 0.717) is 6.04 Å². The van der Waals surface area contributed by atoms with Crippen LogP contribution in [-0.4, -0.2) is 45.4 Å². The first-order chi connectivity index (χ1) is 10.1. The summed E-state index contributed by atoms with van der Waals surface area (Å²) in [5.74, 6) is 1.16. The van der Waals surface area contributed by atoms with Crippen LogP contribution in [-0.2, 0) is 11.3 Å². The summed E-state index contributed by atoms with van der Waals surface area (Å²) >= 11 is 5.60. The van der Waals surface area contributed by atoms with Gasteiger partial charge in [0.05, 0.1) is 6.61 Å². The van der Waals surface area contributed by atoms with Crippen LogP contribution in [0.15, 0.2) is 22.7 Å². The number of hydrogen-bond acceptors (Lipinski definition) is 4. The topological polar surface area (TPSA) is 24.5 Å². The van der Waals surface area contributed by atoms with Crippen molar-refractivity contribution in [1.82, 2.24) is 5.32 Å². The Morgan fingerprint density at radius 2 is 2.19 bits per heavy atom. The van der Waals surface area contributed by atoms with Gasteiger partial charge in [0.25, 0.3) is 0 Å². The van der Waals surface area contributed by atoms with E-state index in [1.807, 2.05) is 11.8 Å². The molecule has 1 aromatic rings. The number of methoxy groups -OCH3 is 1. The third-order valence-corrected chi connectivity index (χ3v) is 5.08. The molecule has 0 spiro atoms. The summed E-state index contributed by atoms with van der Waals surface area (Å²) in [6.45, 7) is 4.72. The molecule has 0 fully saturated rings. The molecule has 5 heteroatoms. The van der Waals surface area contributed by atoms with Gasteiger partial charge in [-0.1, -0.05) is 28.9 Å². The fourth-order valence-corrected chi connectivity index (χ4v) is 3.55. The summed E-state index contributed by atoms with van der Waals surface area (Å²) < 4.78 is 6.20. The Balaban J connectivity index is 2.67. The summed E-state index contributed by atoms with van der Waals surface area (Å²) in [5, 5.41) is 3.37. The Bertz CT molecular complexity index is 417. The van der Waals surface area contributed by atoms with E-state index in [-0.39, 0.29) is 0 Å². The van der Waals surface area contributed by atoms with Crippen LogP contribution in [0.5, 0.6) is 0 Å². The molecule has 1 atom stereocenters. The molecule has 0 saturated carbocycles. The summed E-state index contributed by atoms with van der Waals surface area (Å²) in [6.07, 6.45) is 3.33. The van der Waals surface area contributed by atoms with Gasteiger partial charge in [-0.15, -0.1) is 0 Å². The Morgan fingerprint density at radius 3 is 2.76 bits per heavy atom. The molecular formula is C16H27BrN2OS. The van der Waals surface area contributed by atoms with E-state index in [1.165, 1.54) is 11.3 Å². The fraction of sp³-hybridized carbons (Fsp3) is 0.625. The Labute approximate surface area is 141 Å². The Kier molecular flexibility index (Phi) is 9.40. The van der Waals surface area contributed by atoms with Crippen molar-refractivity contribution in [3.05, 3.63) is 28.2 Å². The maximum atomic E-state index is 5.04. The fourth-order valence-electron chi connectivity index (χ4n) is 2.20. The highest BCUT2D eigenvalue weighted by Crippen LogP contribution is 2.26. The second kappa shape index (κ2) is 10.5. The van der Waals surface area contributed by atoms with Gasteiger partial charge >= 0.3 is 0 Å². The lowest BCUT2D eigenvalue weighted by atomic mass is 10.1. The highest BCUT2D eigenvalue weighted by Gasteiger charge is 2.13. The van der Waals surface area contributed by atoms with E-state index in [0.717, 1.165) is 36.3 Å². The van der Waals surface area contributed by atoms with Gasteiger partial charge in [-0.05, 0) is 30.4 Å². The molecule has 1 rings (SSSR count). The summed E-state index contributed by atoms with van der Waals surface area (Å²) in [4.78, 5) is 2.38. The third-order valence-electron chi connectivity index (χ3n) is 3.62. The minimum atomic E-state index is 0.581. The van der Waals surface area contributed by atoms with Crippen LogP contribution in [0.25, 0.3) is 0 Å². The molecule has 1 aromatic carbocycles. The number of benzene rings is 1. The van der Waals surface area contributed by atoms with Crippen molar-refractivity contribution < 1.29 is 4.74 Å². The highest BCUT2D eigenvalue weighted by molar-refractivity contribution is 9.10. The first-order valence-electron chi connectivity index (χ1n) is 7.33. The Morgan fingerprint density at radius 1 is 1.43 bits per heavy atom. The summed E-state index contributed by atoms with van der Waals surface area (Å²) in [6, 6.07) is 7.21. The predicted molar refractivity (Wildman–Crippen MR) is 98.6 cm³/mol. The molecule has 21 heavy (non-hydrogen) atoms. The minimum Gasteiger partial charge on any atom is -0.383 e. The van der Waals surface area contributed by atoms with E-state index in [4.69, 9.17) is 4.74 Å². The zero-order valence-corrected chi connectivity index (χ0v) is 15.9. The van der Waals surface area contributed by atoms with Crippen molar-refractivity contribution >= 4 is 33.4 Å². The van der Waals surface area contributed by atoms with Crippen LogP contribution in [0.4, 0.5) is 5.69 Å². The number of nitrogens with one attached hydrogen (secondary N) is 1. The molecule has 0 saturated heterocycles. The van der Waals surface area contributed by atoms with Gasteiger partial charge in [0.2, 0.25) is 0 Å². The van der Waals surface area contributed by atoms with Crippen LogP contribution < -0.4 is 10.2 Å². The van der Waals surface area contributed by atoms with Gasteiger partial charge in [-0.3, -0.25) is 0 Å². The second-order valence-corrected chi connectivity index (χ2v) is 6.84. The lowest BCUT2D eigenvalue weighted by Gasteiger charge is -2.29. The molecule has 0 aromatic heterocycles. The molecule has 120 valence electrons. The molecule has 0 amide bonds. The van der Waals surface area contributed by atoms with E-state index in [1.54, 1.807) is 7.11 Å². The van der Waals surface area contributed by atoms with Crippen LogP contribution in [0.2, 0.25) is 0 Å². The molecule has 1 N–H and O–H groups in total. The molecule has 1 unspecified atom stereocenters. The zero-order chi connectivity index (χ0) is 15.7. The molecule has 0 aliphatic rings. The average molecular weight is 375 g/mol. The largest absolute Gasteiger partial charge is 0.383 e. The maximum Gasteiger partial charge on any atom is 0.0587 e. The second-order valence-electron chi connectivity index (χ2n) is 5.07. The molecule has 0 aliphatic heterocycles. The molecule has 0 bridgehead atoms. The van der Waals surface area contributed by atoms with E-state index in [2.05, 4.69) is 64.6 Å². The number of hydrogen-bond donors (Lipinski definition) is 1.